The highest BCUT2D eigenvalue weighted by Crippen LogP contribution is 2.29. The smallest absolute Gasteiger partial charge is 0.331 e. The number of ether oxygens (including phenoxy) is 1. The van der Waals surface area contributed by atoms with Crippen LogP contribution in [0.1, 0.15) is 37.5 Å². The molecule has 0 saturated carbocycles. The zero-order valence-corrected chi connectivity index (χ0v) is 16.1. The number of carboxylic acid groups (broad SMARTS) is 1. The Morgan fingerprint density at radius 1 is 1.04 bits per heavy atom. The first-order valence-electron chi connectivity index (χ1n) is 8.67. The van der Waals surface area contributed by atoms with E-state index in [1.165, 1.54) is 5.57 Å². The van der Waals surface area contributed by atoms with E-state index in [1.807, 2.05) is 52.0 Å². The van der Waals surface area contributed by atoms with Crippen molar-refractivity contribution in [3.05, 3.63) is 70.3 Å². The molecule has 0 aromatic heterocycles. The molecule has 0 aliphatic rings. The van der Waals surface area contributed by atoms with Gasteiger partial charge in [-0.25, -0.2) is 4.79 Å². The molecule has 0 saturated heterocycles. The van der Waals surface area contributed by atoms with Crippen LogP contribution in [0.5, 0.6) is 5.75 Å². The van der Waals surface area contributed by atoms with Crippen LogP contribution >= 0.6 is 0 Å². The molecule has 2 rings (SSSR count). The molecule has 1 N–H and O–H groups in total. The van der Waals surface area contributed by atoms with E-state index in [0.717, 1.165) is 33.6 Å². The van der Waals surface area contributed by atoms with Gasteiger partial charge < -0.3 is 9.84 Å². The summed E-state index contributed by atoms with van der Waals surface area (Å²) in [6, 6.07) is 12.2. The Kier molecular flexibility index (Phi) is 6.40. The lowest BCUT2D eigenvalue weighted by molar-refractivity contribution is -0.132. The first-order valence-corrected chi connectivity index (χ1v) is 8.67. The minimum atomic E-state index is -0.894. The number of hydrogen-bond donors (Lipinski definition) is 1. The van der Waals surface area contributed by atoms with Crippen LogP contribution in [0.2, 0.25) is 0 Å². The molecule has 0 amide bonds. The number of carbonyl (C=O) groups is 1. The van der Waals surface area contributed by atoms with Crippen LogP contribution < -0.4 is 4.74 Å². The Morgan fingerprint density at radius 3 is 2.27 bits per heavy atom. The van der Waals surface area contributed by atoms with Gasteiger partial charge in [-0.2, -0.15) is 0 Å². The Balaban J connectivity index is 2.26. The molecule has 0 atom stereocenters. The molecule has 3 heteroatoms. The molecule has 0 bridgehead atoms. The molecular weight excluding hydrogens is 324 g/mol. The first kappa shape index (κ1) is 19.5. The Bertz CT molecular complexity index is 852. The standard InChI is InChI=1S/C23H26O3/c1-15(2)10-11-26-21-8-6-19(7-9-21)22-14-16(3)20(12-17(22)4)13-18(5)23(24)25/h6-10,12-14H,11H2,1-5H3,(H,24,25). The third-order valence-corrected chi connectivity index (χ3v) is 4.23. The highest BCUT2D eigenvalue weighted by Gasteiger charge is 2.08. The first-order chi connectivity index (χ1) is 12.3. The summed E-state index contributed by atoms with van der Waals surface area (Å²) in [7, 11) is 0. The van der Waals surface area contributed by atoms with Crippen molar-refractivity contribution in [3.8, 4) is 16.9 Å². The summed E-state index contributed by atoms with van der Waals surface area (Å²) in [6.07, 6.45) is 3.77. The van der Waals surface area contributed by atoms with Crippen molar-refractivity contribution >= 4 is 12.0 Å². The normalized spacial score (nSPS) is 11.2. The summed E-state index contributed by atoms with van der Waals surface area (Å²) in [5.41, 5.74) is 6.92. The van der Waals surface area contributed by atoms with Gasteiger partial charge in [-0.1, -0.05) is 29.8 Å². The van der Waals surface area contributed by atoms with E-state index < -0.39 is 5.97 Å². The van der Waals surface area contributed by atoms with Crippen LogP contribution in [-0.2, 0) is 4.79 Å². The highest BCUT2D eigenvalue weighted by atomic mass is 16.5. The number of allylic oxidation sites excluding steroid dienone is 1. The fourth-order valence-corrected chi connectivity index (χ4v) is 2.64. The summed E-state index contributed by atoms with van der Waals surface area (Å²) in [5, 5.41) is 9.07. The molecule has 2 aromatic rings. The lowest BCUT2D eigenvalue weighted by atomic mass is 9.94. The summed E-state index contributed by atoms with van der Waals surface area (Å²) < 4.78 is 5.71. The van der Waals surface area contributed by atoms with Crippen LogP contribution in [-0.4, -0.2) is 17.7 Å². The van der Waals surface area contributed by atoms with Gasteiger partial charge in [0.15, 0.2) is 0 Å². The van der Waals surface area contributed by atoms with Gasteiger partial charge in [0.25, 0.3) is 0 Å². The fraction of sp³-hybridized carbons (Fsp3) is 0.261. The summed E-state index contributed by atoms with van der Waals surface area (Å²) in [6.45, 7) is 10.3. The van der Waals surface area contributed by atoms with Gasteiger partial charge in [-0.15, -0.1) is 0 Å². The van der Waals surface area contributed by atoms with Crippen molar-refractivity contribution in [2.24, 2.45) is 0 Å². The van der Waals surface area contributed by atoms with Gasteiger partial charge in [0.2, 0.25) is 0 Å². The van der Waals surface area contributed by atoms with Crippen LogP contribution in [0.4, 0.5) is 0 Å². The minimum absolute atomic E-state index is 0.332. The maximum Gasteiger partial charge on any atom is 0.331 e. The molecule has 0 spiro atoms. The Labute approximate surface area is 155 Å². The monoisotopic (exact) mass is 350 g/mol. The fourth-order valence-electron chi connectivity index (χ4n) is 2.64. The minimum Gasteiger partial charge on any atom is -0.490 e. The van der Waals surface area contributed by atoms with Crippen molar-refractivity contribution in [3.63, 3.8) is 0 Å². The Morgan fingerprint density at radius 2 is 1.69 bits per heavy atom. The number of benzene rings is 2. The van der Waals surface area contributed by atoms with E-state index in [4.69, 9.17) is 9.84 Å². The molecule has 3 nitrogen and oxygen atoms in total. The lowest BCUT2D eigenvalue weighted by Crippen LogP contribution is -1.97. The second-order valence-corrected chi connectivity index (χ2v) is 6.77. The van der Waals surface area contributed by atoms with Gasteiger partial charge in [0.1, 0.15) is 12.4 Å². The molecular formula is C23H26O3. The van der Waals surface area contributed by atoms with Gasteiger partial charge in [-0.3, -0.25) is 0 Å². The molecule has 0 aliphatic heterocycles. The van der Waals surface area contributed by atoms with Crippen LogP contribution in [0.3, 0.4) is 0 Å². The van der Waals surface area contributed by atoms with Gasteiger partial charge in [0.05, 0.1) is 0 Å². The SMILES string of the molecule is CC(C)=CCOc1ccc(-c2cc(C)c(C=C(C)C(=O)O)cc2C)cc1. The number of rotatable bonds is 6. The average molecular weight is 350 g/mol. The number of hydrogen-bond acceptors (Lipinski definition) is 2. The number of aliphatic carboxylic acids is 1. The van der Waals surface area contributed by atoms with Crippen molar-refractivity contribution in [2.75, 3.05) is 6.61 Å². The average Bonchev–Trinajstić information content (AvgIpc) is 2.58. The van der Waals surface area contributed by atoms with Crippen molar-refractivity contribution in [2.45, 2.75) is 34.6 Å². The van der Waals surface area contributed by atoms with E-state index in [-0.39, 0.29) is 0 Å². The summed E-state index contributed by atoms with van der Waals surface area (Å²) in [4.78, 5) is 11.0. The zero-order chi connectivity index (χ0) is 19.3. The Hall–Kier alpha value is -2.81. The largest absolute Gasteiger partial charge is 0.490 e. The molecule has 26 heavy (non-hydrogen) atoms. The second kappa shape index (κ2) is 8.52. The van der Waals surface area contributed by atoms with E-state index in [1.54, 1.807) is 13.0 Å². The maximum atomic E-state index is 11.0. The molecule has 0 heterocycles. The molecule has 2 aromatic carbocycles. The summed E-state index contributed by atoms with van der Waals surface area (Å²) in [5.74, 6) is -0.0490. The van der Waals surface area contributed by atoms with Crippen LogP contribution in [0, 0.1) is 13.8 Å². The molecule has 0 fully saturated rings. The third kappa shape index (κ3) is 5.09. The molecule has 0 aliphatic carbocycles. The summed E-state index contributed by atoms with van der Waals surface area (Å²) >= 11 is 0. The topological polar surface area (TPSA) is 46.5 Å². The predicted molar refractivity (Wildman–Crippen MR) is 108 cm³/mol. The lowest BCUT2D eigenvalue weighted by Gasteiger charge is -2.12. The van der Waals surface area contributed by atoms with E-state index in [9.17, 15) is 4.79 Å². The number of carboxylic acids is 1. The maximum absolute atomic E-state index is 11.0. The van der Waals surface area contributed by atoms with Crippen molar-refractivity contribution in [1.29, 1.82) is 0 Å². The van der Waals surface area contributed by atoms with Crippen LogP contribution in [0.15, 0.2) is 53.6 Å². The molecule has 0 unspecified atom stereocenters. The highest BCUT2D eigenvalue weighted by molar-refractivity contribution is 5.92. The third-order valence-electron chi connectivity index (χ3n) is 4.23. The molecule has 136 valence electrons. The van der Waals surface area contributed by atoms with E-state index in [0.29, 0.717) is 12.2 Å². The zero-order valence-electron chi connectivity index (χ0n) is 16.1. The van der Waals surface area contributed by atoms with E-state index in [2.05, 4.69) is 18.2 Å². The second-order valence-electron chi connectivity index (χ2n) is 6.77. The number of aryl methyl sites for hydroxylation is 2. The van der Waals surface area contributed by atoms with Crippen LogP contribution in [0.25, 0.3) is 17.2 Å². The predicted octanol–water partition coefficient (Wildman–Crippen LogP) is 5.80. The van der Waals surface area contributed by atoms with Crippen molar-refractivity contribution < 1.29 is 14.6 Å². The van der Waals surface area contributed by atoms with Gasteiger partial charge in [-0.05, 0) is 86.7 Å². The van der Waals surface area contributed by atoms with Gasteiger partial charge in [0, 0.05) is 5.57 Å². The van der Waals surface area contributed by atoms with Crippen molar-refractivity contribution in [1.82, 2.24) is 0 Å². The van der Waals surface area contributed by atoms with E-state index >= 15 is 0 Å². The molecule has 0 radical (unpaired) electrons. The quantitative estimate of drug-likeness (QED) is 0.529. The van der Waals surface area contributed by atoms with Gasteiger partial charge >= 0.3 is 5.97 Å².